The van der Waals surface area contributed by atoms with E-state index in [0.717, 1.165) is 31.1 Å². The Morgan fingerprint density at radius 2 is 2.11 bits per heavy atom. The molecule has 0 spiro atoms. The molecule has 2 rings (SSSR count). The van der Waals surface area contributed by atoms with Gasteiger partial charge in [-0.2, -0.15) is 0 Å². The summed E-state index contributed by atoms with van der Waals surface area (Å²) in [4.78, 5) is 6.98. The lowest BCUT2D eigenvalue weighted by molar-refractivity contribution is 0.322. The van der Waals surface area contributed by atoms with E-state index in [2.05, 4.69) is 34.5 Å². The summed E-state index contributed by atoms with van der Waals surface area (Å²) < 4.78 is 0. The third-order valence-corrected chi connectivity index (χ3v) is 3.50. The number of anilines is 2. The third-order valence-electron chi connectivity index (χ3n) is 3.50. The van der Waals surface area contributed by atoms with Gasteiger partial charge in [-0.15, -0.1) is 0 Å². The lowest BCUT2D eigenvalue weighted by Crippen LogP contribution is -2.31. The first-order valence-corrected chi connectivity index (χ1v) is 6.94. The van der Waals surface area contributed by atoms with E-state index in [0.29, 0.717) is 6.04 Å². The zero-order valence-corrected chi connectivity index (χ0v) is 11.4. The number of nitrogens with zero attached hydrogens (tertiary/aromatic N) is 2. The second kappa shape index (κ2) is 6.59. The van der Waals surface area contributed by atoms with Crippen molar-refractivity contribution in [3.05, 3.63) is 18.2 Å². The first-order valence-electron chi connectivity index (χ1n) is 6.94. The van der Waals surface area contributed by atoms with Gasteiger partial charge in [0.15, 0.2) is 0 Å². The molecule has 2 N–H and O–H groups in total. The number of likely N-dealkylation sites (N-methyl/N-ethyl adjacent to an activating group) is 1. The maximum Gasteiger partial charge on any atom is 0.128 e. The fourth-order valence-electron chi connectivity index (χ4n) is 2.34. The largest absolute Gasteiger partial charge is 0.370 e. The zero-order valence-electron chi connectivity index (χ0n) is 11.4. The molecular weight excluding hydrogens is 224 g/mol. The van der Waals surface area contributed by atoms with Crippen molar-refractivity contribution in [3.8, 4) is 0 Å². The van der Waals surface area contributed by atoms with Gasteiger partial charge in [-0.1, -0.05) is 13.0 Å². The molecule has 1 aromatic rings. The topological polar surface area (TPSA) is 40.2 Å². The Balaban J connectivity index is 1.84. The highest BCUT2D eigenvalue weighted by molar-refractivity contribution is 5.45. The van der Waals surface area contributed by atoms with Crippen LogP contribution in [0.5, 0.6) is 0 Å². The average molecular weight is 248 g/mol. The van der Waals surface area contributed by atoms with Gasteiger partial charge in [0.05, 0.1) is 0 Å². The van der Waals surface area contributed by atoms with Crippen molar-refractivity contribution in [1.82, 2.24) is 9.88 Å². The van der Waals surface area contributed by atoms with Crippen LogP contribution in [0, 0.1) is 0 Å². The van der Waals surface area contributed by atoms with Crippen molar-refractivity contribution in [2.45, 2.75) is 32.2 Å². The molecule has 18 heavy (non-hydrogen) atoms. The fraction of sp³-hybridized carbons (Fsp3) is 0.643. The molecule has 0 radical (unpaired) electrons. The number of aromatic nitrogens is 1. The summed E-state index contributed by atoms with van der Waals surface area (Å²) in [5.41, 5.74) is 0. The maximum atomic E-state index is 4.56. The van der Waals surface area contributed by atoms with Gasteiger partial charge in [0.1, 0.15) is 11.6 Å². The Morgan fingerprint density at radius 3 is 2.78 bits per heavy atom. The summed E-state index contributed by atoms with van der Waals surface area (Å²) in [6.07, 6.45) is 3.72. The summed E-state index contributed by atoms with van der Waals surface area (Å²) in [6, 6.07) is 6.75. The number of pyridine rings is 1. The van der Waals surface area contributed by atoms with Gasteiger partial charge in [0.2, 0.25) is 0 Å². The lowest BCUT2D eigenvalue weighted by atomic mass is 10.2. The van der Waals surface area contributed by atoms with Crippen molar-refractivity contribution in [2.75, 3.05) is 37.3 Å². The minimum atomic E-state index is 0.652. The van der Waals surface area contributed by atoms with Gasteiger partial charge in [0.25, 0.3) is 0 Å². The van der Waals surface area contributed by atoms with Crippen molar-refractivity contribution >= 4 is 11.6 Å². The zero-order chi connectivity index (χ0) is 12.8. The molecular formula is C14H24N4. The van der Waals surface area contributed by atoms with Gasteiger partial charge in [-0.3, -0.25) is 0 Å². The third kappa shape index (κ3) is 3.60. The molecule has 1 aromatic heterocycles. The quantitative estimate of drug-likeness (QED) is 0.811. The Labute approximate surface area is 110 Å². The summed E-state index contributed by atoms with van der Waals surface area (Å²) in [7, 11) is 2.20. The number of hydrogen-bond acceptors (Lipinski definition) is 4. The summed E-state index contributed by atoms with van der Waals surface area (Å²) in [6.45, 7) is 5.34. The SMILES string of the molecule is CCCNc1cccc(NCC2CCCN2C)n1. The molecule has 100 valence electrons. The van der Waals surface area contributed by atoms with Crippen LogP contribution in [0.3, 0.4) is 0 Å². The van der Waals surface area contributed by atoms with E-state index >= 15 is 0 Å². The molecule has 0 aromatic carbocycles. The van der Waals surface area contributed by atoms with E-state index in [1.54, 1.807) is 0 Å². The van der Waals surface area contributed by atoms with Crippen molar-refractivity contribution in [3.63, 3.8) is 0 Å². The standard InChI is InChI=1S/C14H24N4/c1-3-9-15-13-7-4-8-14(17-13)16-11-12-6-5-10-18(12)2/h4,7-8,12H,3,5-6,9-11H2,1-2H3,(H2,15,16,17). The molecule has 4 heteroatoms. The van der Waals surface area contributed by atoms with Crippen LogP contribution in [-0.4, -0.2) is 42.6 Å². The van der Waals surface area contributed by atoms with Gasteiger partial charge in [-0.25, -0.2) is 4.98 Å². The molecule has 1 aliphatic rings. The van der Waals surface area contributed by atoms with Crippen molar-refractivity contribution < 1.29 is 0 Å². The van der Waals surface area contributed by atoms with Crippen LogP contribution in [-0.2, 0) is 0 Å². The molecule has 2 heterocycles. The van der Waals surface area contributed by atoms with Crippen LogP contribution in [0.4, 0.5) is 11.6 Å². The summed E-state index contributed by atoms with van der Waals surface area (Å²) in [5, 5.41) is 6.75. The highest BCUT2D eigenvalue weighted by Crippen LogP contribution is 2.16. The average Bonchev–Trinajstić information content (AvgIpc) is 2.80. The highest BCUT2D eigenvalue weighted by atomic mass is 15.2. The normalized spacial score (nSPS) is 20.0. The molecule has 1 fully saturated rings. The maximum absolute atomic E-state index is 4.56. The number of likely N-dealkylation sites (tertiary alicyclic amines) is 1. The molecule has 1 unspecified atom stereocenters. The monoisotopic (exact) mass is 248 g/mol. The molecule has 1 saturated heterocycles. The summed E-state index contributed by atoms with van der Waals surface area (Å²) >= 11 is 0. The van der Waals surface area contributed by atoms with Crippen LogP contribution in [0.15, 0.2) is 18.2 Å². The number of rotatable bonds is 6. The van der Waals surface area contributed by atoms with Crippen molar-refractivity contribution in [2.24, 2.45) is 0 Å². The van der Waals surface area contributed by atoms with Gasteiger partial charge >= 0.3 is 0 Å². The second-order valence-corrected chi connectivity index (χ2v) is 4.99. The number of nitrogens with one attached hydrogen (secondary N) is 2. The Hall–Kier alpha value is -1.29. The second-order valence-electron chi connectivity index (χ2n) is 4.99. The van der Waals surface area contributed by atoms with E-state index in [1.165, 1.54) is 19.4 Å². The first-order chi connectivity index (χ1) is 8.79. The van der Waals surface area contributed by atoms with Crippen LogP contribution >= 0.6 is 0 Å². The van der Waals surface area contributed by atoms with Gasteiger partial charge in [0, 0.05) is 19.1 Å². The highest BCUT2D eigenvalue weighted by Gasteiger charge is 2.20. The Kier molecular flexibility index (Phi) is 4.81. The van der Waals surface area contributed by atoms with Crippen LogP contribution in [0.1, 0.15) is 26.2 Å². The van der Waals surface area contributed by atoms with Crippen LogP contribution in [0.25, 0.3) is 0 Å². The minimum absolute atomic E-state index is 0.652. The van der Waals surface area contributed by atoms with Crippen molar-refractivity contribution in [1.29, 1.82) is 0 Å². The lowest BCUT2D eigenvalue weighted by Gasteiger charge is -2.20. The van der Waals surface area contributed by atoms with Crippen LogP contribution < -0.4 is 10.6 Å². The van der Waals surface area contributed by atoms with Gasteiger partial charge < -0.3 is 15.5 Å². The molecule has 0 saturated carbocycles. The van der Waals surface area contributed by atoms with E-state index < -0.39 is 0 Å². The molecule has 0 aliphatic carbocycles. The van der Waals surface area contributed by atoms with E-state index in [1.807, 2.05) is 18.2 Å². The molecule has 0 amide bonds. The molecule has 1 atom stereocenters. The molecule has 4 nitrogen and oxygen atoms in total. The Bertz CT molecular complexity index is 367. The van der Waals surface area contributed by atoms with E-state index in [4.69, 9.17) is 0 Å². The van der Waals surface area contributed by atoms with E-state index in [-0.39, 0.29) is 0 Å². The molecule has 0 bridgehead atoms. The van der Waals surface area contributed by atoms with Crippen LogP contribution in [0.2, 0.25) is 0 Å². The fourth-order valence-corrected chi connectivity index (χ4v) is 2.34. The van der Waals surface area contributed by atoms with E-state index in [9.17, 15) is 0 Å². The number of hydrogen-bond donors (Lipinski definition) is 2. The smallest absolute Gasteiger partial charge is 0.128 e. The first kappa shape index (κ1) is 13.1. The van der Waals surface area contributed by atoms with Gasteiger partial charge in [-0.05, 0) is 45.0 Å². The minimum Gasteiger partial charge on any atom is -0.370 e. The Morgan fingerprint density at radius 1 is 1.33 bits per heavy atom. The predicted molar refractivity (Wildman–Crippen MR) is 77.2 cm³/mol. The summed E-state index contributed by atoms with van der Waals surface area (Å²) in [5.74, 6) is 1.93. The predicted octanol–water partition coefficient (Wildman–Crippen LogP) is 2.41. The molecule has 1 aliphatic heterocycles.